The largest absolute Gasteiger partial charge is 0.494 e. The molecule has 3 aromatic carbocycles. The van der Waals surface area contributed by atoms with E-state index in [1.807, 2.05) is 6.92 Å². The second kappa shape index (κ2) is 12.5. The summed E-state index contributed by atoms with van der Waals surface area (Å²) < 4.78 is 21.3. The van der Waals surface area contributed by atoms with Crippen LogP contribution in [0, 0.1) is 10.1 Å². The third-order valence-corrected chi connectivity index (χ3v) is 4.61. The van der Waals surface area contributed by atoms with Gasteiger partial charge in [0, 0.05) is 6.07 Å². The summed E-state index contributed by atoms with van der Waals surface area (Å²) >= 11 is 0. The Balaban J connectivity index is 1.57. The molecule has 3 rings (SSSR count). The maximum atomic E-state index is 12.5. The lowest BCUT2D eigenvalue weighted by molar-refractivity contribution is -0.385. The van der Waals surface area contributed by atoms with E-state index in [-0.39, 0.29) is 22.9 Å². The molecule has 0 aliphatic rings. The average molecular weight is 493 g/mol. The summed E-state index contributed by atoms with van der Waals surface area (Å²) in [6.07, 6.45) is 1.35. The molecular formula is C25H23N3O8. The average Bonchev–Trinajstić information content (AvgIpc) is 2.89. The molecule has 0 spiro atoms. The Labute approximate surface area is 206 Å². The second-order valence-electron chi connectivity index (χ2n) is 7.06. The lowest BCUT2D eigenvalue weighted by Crippen LogP contribution is -2.24. The number of nitrogens with one attached hydrogen (secondary N) is 1. The standard InChI is InChI=1S/C25H23N3O8/c1-3-34-19-11-9-18(10-12-19)25(30)36-22-13-8-17(14-23(22)33-2)15-26-27-24(29)16-35-21-7-5-4-6-20(21)28(31)32/h4-15H,3,16H2,1-2H3,(H,27,29). The van der Waals surface area contributed by atoms with Crippen LogP contribution < -0.4 is 24.4 Å². The van der Waals surface area contributed by atoms with Crippen molar-refractivity contribution in [2.75, 3.05) is 20.3 Å². The van der Waals surface area contributed by atoms with Crippen molar-refractivity contribution in [1.82, 2.24) is 5.43 Å². The fourth-order valence-electron chi connectivity index (χ4n) is 2.95. The molecular weight excluding hydrogens is 470 g/mol. The predicted octanol–water partition coefficient (Wildman–Crippen LogP) is 3.75. The molecule has 11 nitrogen and oxygen atoms in total. The minimum Gasteiger partial charge on any atom is -0.494 e. The van der Waals surface area contributed by atoms with Crippen molar-refractivity contribution in [2.24, 2.45) is 5.10 Å². The van der Waals surface area contributed by atoms with Crippen LogP contribution in [0.15, 0.2) is 71.8 Å². The minimum atomic E-state index is -0.614. The van der Waals surface area contributed by atoms with E-state index < -0.39 is 23.4 Å². The highest BCUT2D eigenvalue weighted by atomic mass is 16.6. The molecule has 0 aliphatic heterocycles. The Morgan fingerprint density at radius 3 is 2.44 bits per heavy atom. The Kier molecular flexibility index (Phi) is 8.93. The summed E-state index contributed by atoms with van der Waals surface area (Å²) in [5, 5.41) is 14.8. The molecule has 0 aromatic heterocycles. The Morgan fingerprint density at radius 1 is 1.00 bits per heavy atom. The number of hydrogen-bond acceptors (Lipinski definition) is 9. The van der Waals surface area contributed by atoms with Crippen molar-refractivity contribution in [2.45, 2.75) is 6.92 Å². The van der Waals surface area contributed by atoms with Crippen molar-refractivity contribution < 1.29 is 33.5 Å². The summed E-state index contributed by atoms with van der Waals surface area (Å²) in [6.45, 7) is 1.92. The molecule has 0 fully saturated rings. The van der Waals surface area contributed by atoms with Gasteiger partial charge in [-0.2, -0.15) is 5.10 Å². The van der Waals surface area contributed by atoms with Crippen LogP contribution in [0.25, 0.3) is 0 Å². The molecule has 0 saturated heterocycles. The molecule has 1 amide bonds. The number of esters is 1. The van der Waals surface area contributed by atoms with E-state index in [0.29, 0.717) is 23.5 Å². The van der Waals surface area contributed by atoms with Gasteiger partial charge in [-0.25, -0.2) is 10.2 Å². The zero-order valence-electron chi connectivity index (χ0n) is 19.5. The number of nitro groups is 1. The zero-order valence-corrected chi connectivity index (χ0v) is 19.5. The van der Waals surface area contributed by atoms with Gasteiger partial charge in [0.25, 0.3) is 5.91 Å². The Morgan fingerprint density at radius 2 is 1.75 bits per heavy atom. The number of nitro benzene ring substituents is 1. The van der Waals surface area contributed by atoms with Gasteiger partial charge < -0.3 is 18.9 Å². The monoisotopic (exact) mass is 493 g/mol. The zero-order chi connectivity index (χ0) is 25.9. The van der Waals surface area contributed by atoms with Crippen molar-refractivity contribution in [3.05, 3.63) is 88.0 Å². The first-order valence-corrected chi connectivity index (χ1v) is 10.7. The third kappa shape index (κ3) is 7.03. The van der Waals surface area contributed by atoms with Gasteiger partial charge in [0.2, 0.25) is 0 Å². The Hall–Kier alpha value is -4.93. The topological polar surface area (TPSA) is 139 Å². The van der Waals surface area contributed by atoms with Crippen LogP contribution in [0.5, 0.6) is 23.0 Å². The van der Waals surface area contributed by atoms with E-state index in [1.54, 1.807) is 42.5 Å². The fraction of sp³-hybridized carbons (Fsp3) is 0.160. The van der Waals surface area contributed by atoms with Gasteiger partial charge >= 0.3 is 11.7 Å². The quantitative estimate of drug-likeness (QED) is 0.140. The second-order valence-corrected chi connectivity index (χ2v) is 7.06. The van der Waals surface area contributed by atoms with Crippen molar-refractivity contribution in [1.29, 1.82) is 0 Å². The number of hydrazone groups is 1. The van der Waals surface area contributed by atoms with Gasteiger partial charge in [0.1, 0.15) is 5.75 Å². The van der Waals surface area contributed by atoms with Crippen molar-refractivity contribution >= 4 is 23.8 Å². The molecule has 0 aliphatic carbocycles. The number of ether oxygens (including phenoxy) is 4. The number of benzene rings is 3. The number of carbonyl (C=O) groups excluding carboxylic acids is 2. The van der Waals surface area contributed by atoms with Crippen LogP contribution in [-0.2, 0) is 4.79 Å². The van der Waals surface area contributed by atoms with E-state index in [0.717, 1.165) is 0 Å². The molecule has 0 unspecified atom stereocenters. The number of para-hydroxylation sites is 2. The molecule has 11 heteroatoms. The summed E-state index contributed by atoms with van der Waals surface area (Å²) in [6, 6.07) is 17.0. The first kappa shape index (κ1) is 25.7. The maximum absolute atomic E-state index is 12.5. The fourth-order valence-corrected chi connectivity index (χ4v) is 2.95. The van der Waals surface area contributed by atoms with Crippen LogP contribution in [-0.4, -0.2) is 43.3 Å². The van der Waals surface area contributed by atoms with Crippen LogP contribution >= 0.6 is 0 Å². The highest BCUT2D eigenvalue weighted by Gasteiger charge is 2.15. The highest BCUT2D eigenvalue weighted by Crippen LogP contribution is 2.29. The molecule has 0 saturated carbocycles. The number of amides is 1. The van der Waals surface area contributed by atoms with Gasteiger partial charge in [-0.05, 0) is 61.0 Å². The van der Waals surface area contributed by atoms with Crippen LogP contribution in [0.4, 0.5) is 5.69 Å². The number of methoxy groups -OCH3 is 1. The normalized spacial score (nSPS) is 10.5. The number of rotatable bonds is 11. The van der Waals surface area contributed by atoms with Gasteiger partial charge in [0.05, 0.1) is 30.4 Å². The van der Waals surface area contributed by atoms with Crippen molar-refractivity contribution in [3.63, 3.8) is 0 Å². The van der Waals surface area contributed by atoms with Crippen LogP contribution in [0.2, 0.25) is 0 Å². The smallest absolute Gasteiger partial charge is 0.343 e. The molecule has 0 bridgehead atoms. The molecule has 1 N–H and O–H groups in total. The molecule has 0 atom stereocenters. The predicted molar refractivity (Wildman–Crippen MR) is 130 cm³/mol. The SMILES string of the molecule is CCOc1ccc(C(=O)Oc2ccc(C=NNC(=O)COc3ccccc3[N+](=O)[O-])cc2OC)cc1. The molecule has 3 aromatic rings. The molecule has 0 heterocycles. The maximum Gasteiger partial charge on any atom is 0.343 e. The molecule has 0 radical (unpaired) electrons. The molecule has 186 valence electrons. The lowest BCUT2D eigenvalue weighted by Gasteiger charge is -2.10. The van der Waals surface area contributed by atoms with Gasteiger partial charge in [-0.3, -0.25) is 14.9 Å². The van der Waals surface area contributed by atoms with Crippen molar-refractivity contribution in [3.8, 4) is 23.0 Å². The Bertz CT molecular complexity index is 1260. The number of carbonyl (C=O) groups is 2. The first-order chi connectivity index (χ1) is 17.4. The number of hydrogen-bond donors (Lipinski definition) is 1. The van der Waals surface area contributed by atoms with E-state index in [1.165, 1.54) is 37.6 Å². The number of nitrogens with zero attached hydrogens (tertiary/aromatic N) is 2. The summed E-state index contributed by atoms with van der Waals surface area (Å²) in [7, 11) is 1.42. The lowest BCUT2D eigenvalue weighted by atomic mass is 10.2. The van der Waals surface area contributed by atoms with E-state index in [4.69, 9.17) is 18.9 Å². The summed E-state index contributed by atoms with van der Waals surface area (Å²) in [5.41, 5.74) is 2.92. The van der Waals surface area contributed by atoms with Gasteiger partial charge in [-0.15, -0.1) is 0 Å². The van der Waals surface area contributed by atoms with E-state index in [9.17, 15) is 19.7 Å². The van der Waals surface area contributed by atoms with E-state index >= 15 is 0 Å². The van der Waals surface area contributed by atoms with Crippen LogP contribution in [0.3, 0.4) is 0 Å². The molecule has 36 heavy (non-hydrogen) atoms. The van der Waals surface area contributed by atoms with Gasteiger partial charge in [0.15, 0.2) is 23.9 Å². The van der Waals surface area contributed by atoms with Crippen LogP contribution in [0.1, 0.15) is 22.8 Å². The minimum absolute atomic E-state index is 0.0262. The summed E-state index contributed by atoms with van der Waals surface area (Å²) in [5.74, 6) is -0.0716. The van der Waals surface area contributed by atoms with E-state index in [2.05, 4.69) is 10.5 Å². The first-order valence-electron chi connectivity index (χ1n) is 10.7. The highest BCUT2D eigenvalue weighted by molar-refractivity contribution is 5.92. The third-order valence-electron chi connectivity index (χ3n) is 4.61. The van der Waals surface area contributed by atoms with Gasteiger partial charge in [-0.1, -0.05) is 12.1 Å². The summed E-state index contributed by atoms with van der Waals surface area (Å²) in [4.78, 5) is 34.8.